The van der Waals surface area contributed by atoms with Crippen molar-refractivity contribution in [2.45, 2.75) is 51.5 Å². The molecule has 0 bridgehead atoms. The van der Waals surface area contributed by atoms with Crippen LogP contribution < -0.4 is 5.32 Å². The summed E-state index contributed by atoms with van der Waals surface area (Å²) in [5, 5.41) is 3.65. The van der Waals surface area contributed by atoms with Crippen LogP contribution in [0.2, 0.25) is 0 Å². The van der Waals surface area contributed by atoms with Crippen LogP contribution in [0.1, 0.15) is 45.4 Å². The molecule has 1 heterocycles. The molecule has 0 radical (unpaired) electrons. The van der Waals surface area contributed by atoms with Crippen LogP contribution in [0.5, 0.6) is 0 Å². The monoisotopic (exact) mass is 271 g/mol. The van der Waals surface area contributed by atoms with Gasteiger partial charge < -0.3 is 9.88 Å². The fourth-order valence-corrected chi connectivity index (χ4v) is 3.46. The maximum Gasteiger partial charge on any atom is 0.203 e. The lowest BCUT2D eigenvalue weighted by atomic mass is 9.83. The van der Waals surface area contributed by atoms with Crippen molar-refractivity contribution in [2.75, 3.05) is 5.32 Å². The zero-order valence-electron chi connectivity index (χ0n) is 12.6. The van der Waals surface area contributed by atoms with Gasteiger partial charge in [-0.25, -0.2) is 4.98 Å². The molecule has 1 N–H and O–H groups in total. The average Bonchev–Trinajstić information content (AvgIpc) is 2.79. The Morgan fingerprint density at radius 3 is 2.65 bits per heavy atom. The second-order valence-electron chi connectivity index (χ2n) is 6.13. The number of aromatic nitrogens is 2. The van der Waals surface area contributed by atoms with Crippen molar-refractivity contribution < 1.29 is 0 Å². The Morgan fingerprint density at radius 1 is 1.20 bits per heavy atom. The van der Waals surface area contributed by atoms with Crippen molar-refractivity contribution in [1.82, 2.24) is 9.55 Å². The number of para-hydroxylation sites is 2. The van der Waals surface area contributed by atoms with E-state index >= 15 is 0 Å². The molecule has 0 saturated heterocycles. The van der Waals surface area contributed by atoms with Crippen molar-refractivity contribution >= 4 is 17.0 Å². The van der Waals surface area contributed by atoms with Gasteiger partial charge in [0, 0.05) is 13.1 Å². The second-order valence-corrected chi connectivity index (χ2v) is 6.13. The number of nitrogens with zero attached hydrogens (tertiary/aromatic N) is 2. The Labute approximate surface area is 121 Å². The van der Waals surface area contributed by atoms with Gasteiger partial charge in [0.1, 0.15) is 0 Å². The van der Waals surface area contributed by atoms with Crippen LogP contribution in [-0.2, 0) is 7.05 Å². The first-order chi connectivity index (χ1) is 9.78. The van der Waals surface area contributed by atoms with Gasteiger partial charge in [0.25, 0.3) is 0 Å². The Morgan fingerprint density at radius 2 is 1.95 bits per heavy atom. The highest BCUT2D eigenvalue weighted by atomic mass is 15.2. The van der Waals surface area contributed by atoms with E-state index in [4.69, 9.17) is 4.98 Å². The van der Waals surface area contributed by atoms with Gasteiger partial charge >= 0.3 is 0 Å². The average molecular weight is 271 g/mol. The summed E-state index contributed by atoms with van der Waals surface area (Å²) in [4.78, 5) is 4.71. The number of hydrogen-bond donors (Lipinski definition) is 1. The number of benzene rings is 1. The minimum Gasteiger partial charge on any atom is -0.353 e. The predicted molar refractivity (Wildman–Crippen MR) is 85.0 cm³/mol. The van der Waals surface area contributed by atoms with E-state index in [0.717, 1.165) is 17.4 Å². The van der Waals surface area contributed by atoms with Crippen molar-refractivity contribution in [3.8, 4) is 0 Å². The molecule has 1 saturated carbocycles. The molecule has 1 fully saturated rings. The third-order valence-electron chi connectivity index (χ3n) is 4.66. The molecule has 0 unspecified atom stereocenters. The van der Waals surface area contributed by atoms with Crippen LogP contribution >= 0.6 is 0 Å². The van der Waals surface area contributed by atoms with Crippen molar-refractivity contribution in [1.29, 1.82) is 0 Å². The van der Waals surface area contributed by atoms with Crippen LogP contribution in [0.4, 0.5) is 5.95 Å². The van der Waals surface area contributed by atoms with Gasteiger partial charge in [0.15, 0.2) is 0 Å². The van der Waals surface area contributed by atoms with Crippen molar-refractivity contribution in [2.24, 2.45) is 13.0 Å². The highest BCUT2D eigenvalue weighted by Crippen LogP contribution is 2.29. The molecule has 0 amide bonds. The lowest BCUT2D eigenvalue weighted by Crippen LogP contribution is -2.27. The topological polar surface area (TPSA) is 29.9 Å². The van der Waals surface area contributed by atoms with Gasteiger partial charge in [-0.2, -0.15) is 0 Å². The van der Waals surface area contributed by atoms with E-state index in [1.165, 1.54) is 44.0 Å². The summed E-state index contributed by atoms with van der Waals surface area (Å²) in [7, 11) is 2.10. The van der Waals surface area contributed by atoms with E-state index in [1.54, 1.807) is 0 Å². The van der Waals surface area contributed by atoms with Gasteiger partial charge in [-0.3, -0.25) is 0 Å². The molecule has 0 atom stereocenters. The highest BCUT2D eigenvalue weighted by Gasteiger charge is 2.21. The molecular weight excluding hydrogens is 246 g/mol. The summed E-state index contributed by atoms with van der Waals surface area (Å²) in [5.41, 5.74) is 2.28. The fraction of sp³-hybridized carbons (Fsp3) is 0.588. The number of hydrogen-bond acceptors (Lipinski definition) is 2. The molecule has 0 spiro atoms. The van der Waals surface area contributed by atoms with Gasteiger partial charge in [0.2, 0.25) is 5.95 Å². The minimum absolute atomic E-state index is 0.596. The molecule has 3 rings (SSSR count). The first-order valence-electron chi connectivity index (χ1n) is 7.96. The van der Waals surface area contributed by atoms with E-state index in [0.29, 0.717) is 6.04 Å². The Kier molecular flexibility index (Phi) is 3.95. The lowest BCUT2D eigenvalue weighted by Gasteiger charge is -2.29. The number of rotatable bonds is 4. The van der Waals surface area contributed by atoms with Gasteiger partial charge in [-0.1, -0.05) is 31.9 Å². The van der Waals surface area contributed by atoms with Crippen LogP contribution in [0.3, 0.4) is 0 Å². The summed E-state index contributed by atoms with van der Waals surface area (Å²) >= 11 is 0. The van der Waals surface area contributed by atoms with Crippen LogP contribution in [0, 0.1) is 5.92 Å². The molecular formula is C17H25N3. The van der Waals surface area contributed by atoms with Crippen LogP contribution in [0.15, 0.2) is 24.3 Å². The number of nitrogens with one attached hydrogen (secondary N) is 1. The smallest absolute Gasteiger partial charge is 0.203 e. The van der Waals surface area contributed by atoms with Crippen molar-refractivity contribution in [3.63, 3.8) is 0 Å². The minimum atomic E-state index is 0.596. The molecule has 1 aromatic heterocycles. The maximum absolute atomic E-state index is 4.71. The van der Waals surface area contributed by atoms with Gasteiger partial charge in [0.05, 0.1) is 11.0 Å². The van der Waals surface area contributed by atoms with E-state index < -0.39 is 0 Å². The molecule has 20 heavy (non-hydrogen) atoms. The zero-order valence-corrected chi connectivity index (χ0v) is 12.6. The molecule has 1 aromatic carbocycles. The Bertz CT molecular complexity index is 565. The number of anilines is 1. The van der Waals surface area contributed by atoms with Crippen molar-refractivity contribution in [3.05, 3.63) is 24.3 Å². The van der Waals surface area contributed by atoms with Crippen LogP contribution in [-0.4, -0.2) is 15.6 Å². The third kappa shape index (κ3) is 2.67. The number of imidazole rings is 1. The van der Waals surface area contributed by atoms with Crippen LogP contribution in [0.25, 0.3) is 11.0 Å². The summed E-state index contributed by atoms with van der Waals surface area (Å²) in [6.45, 7) is 2.30. The fourth-order valence-electron chi connectivity index (χ4n) is 3.46. The molecule has 2 aromatic rings. The maximum atomic E-state index is 4.71. The Balaban J connectivity index is 1.67. The first-order valence-corrected chi connectivity index (χ1v) is 7.96. The Hall–Kier alpha value is -1.51. The zero-order chi connectivity index (χ0) is 13.9. The molecule has 3 nitrogen and oxygen atoms in total. The second kappa shape index (κ2) is 5.86. The predicted octanol–water partition coefficient (Wildman–Crippen LogP) is 4.34. The van der Waals surface area contributed by atoms with E-state index in [9.17, 15) is 0 Å². The van der Waals surface area contributed by atoms with E-state index in [2.05, 4.69) is 48.1 Å². The van der Waals surface area contributed by atoms with Gasteiger partial charge in [-0.15, -0.1) is 0 Å². The molecule has 1 aliphatic rings. The summed E-state index contributed by atoms with van der Waals surface area (Å²) < 4.78 is 2.17. The largest absolute Gasteiger partial charge is 0.353 e. The molecule has 1 aliphatic carbocycles. The SMILES string of the molecule is CCCC1CCC(Nc2nc3ccccc3n2C)CC1. The first kappa shape index (κ1) is 13.5. The standard InChI is InChI=1S/C17H25N3/c1-3-6-13-9-11-14(12-10-13)18-17-19-15-7-4-5-8-16(15)20(17)2/h4-5,7-8,13-14H,3,6,9-12H2,1-2H3,(H,18,19). The molecule has 108 valence electrons. The normalized spacial score (nSPS) is 23.1. The number of fused-ring (bicyclic) bond motifs is 1. The number of aryl methyl sites for hydroxylation is 1. The quantitative estimate of drug-likeness (QED) is 0.896. The third-order valence-corrected chi connectivity index (χ3v) is 4.66. The summed E-state index contributed by atoms with van der Waals surface area (Å²) in [6, 6.07) is 8.93. The van der Waals surface area contributed by atoms with E-state index in [-0.39, 0.29) is 0 Å². The summed E-state index contributed by atoms with van der Waals surface area (Å²) in [5.74, 6) is 1.98. The highest BCUT2D eigenvalue weighted by molar-refractivity contribution is 5.78. The van der Waals surface area contributed by atoms with E-state index in [1.807, 2.05) is 0 Å². The summed E-state index contributed by atoms with van der Waals surface area (Å²) in [6.07, 6.45) is 8.04. The lowest BCUT2D eigenvalue weighted by molar-refractivity contribution is 0.318. The molecule has 0 aliphatic heterocycles. The van der Waals surface area contributed by atoms with Gasteiger partial charge in [-0.05, 0) is 43.7 Å². The molecule has 3 heteroatoms.